The number of rotatable bonds is 3. The number of hydrogen-bond acceptors (Lipinski definition) is 2. The summed E-state index contributed by atoms with van der Waals surface area (Å²) in [5, 5.41) is 9.59. The van der Waals surface area contributed by atoms with Crippen molar-refractivity contribution in [1.82, 2.24) is 4.90 Å². The van der Waals surface area contributed by atoms with Gasteiger partial charge in [-0.05, 0) is 41.7 Å². The van der Waals surface area contributed by atoms with Crippen molar-refractivity contribution in [3.8, 4) is 5.75 Å². The van der Waals surface area contributed by atoms with Crippen molar-refractivity contribution in [3.63, 3.8) is 0 Å². The Kier molecular flexibility index (Phi) is 4.37. The minimum absolute atomic E-state index is 0.381. The van der Waals surface area contributed by atoms with E-state index in [0.29, 0.717) is 5.75 Å². The predicted molar refractivity (Wildman–Crippen MR) is 87.4 cm³/mol. The molecule has 0 atom stereocenters. The molecule has 0 fully saturated rings. The topological polar surface area (TPSA) is 23.5 Å². The molecule has 0 aliphatic carbocycles. The van der Waals surface area contributed by atoms with E-state index in [4.69, 9.17) is 0 Å². The summed E-state index contributed by atoms with van der Waals surface area (Å²) in [5.41, 5.74) is 3.92. The minimum Gasteiger partial charge on any atom is -0.508 e. The maximum absolute atomic E-state index is 9.59. The number of fused-ring (bicyclic) bond motifs is 1. The van der Waals surface area contributed by atoms with Crippen molar-refractivity contribution >= 4 is 6.08 Å². The number of hydrogen-bond donors (Lipinski definition) is 1. The van der Waals surface area contributed by atoms with Crippen LogP contribution in [-0.4, -0.2) is 29.6 Å². The Balaban J connectivity index is 1.58. The van der Waals surface area contributed by atoms with Gasteiger partial charge in [0.15, 0.2) is 0 Å². The summed E-state index contributed by atoms with van der Waals surface area (Å²) in [6.07, 6.45) is 6.50. The van der Waals surface area contributed by atoms with Gasteiger partial charge in [0, 0.05) is 19.6 Å². The summed E-state index contributed by atoms with van der Waals surface area (Å²) in [7, 11) is 0. The zero-order chi connectivity index (χ0) is 14.5. The summed E-state index contributed by atoms with van der Waals surface area (Å²) in [5.74, 6) is 0.381. The first-order valence-corrected chi connectivity index (χ1v) is 7.56. The number of aromatic hydroxyl groups is 1. The summed E-state index contributed by atoms with van der Waals surface area (Å²) >= 11 is 0. The Morgan fingerprint density at radius 1 is 0.952 bits per heavy atom. The van der Waals surface area contributed by atoms with Crippen LogP contribution in [0, 0.1) is 0 Å². The second kappa shape index (κ2) is 6.59. The van der Waals surface area contributed by atoms with E-state index in [2.05, 4.69) is 47.4 Å². The average molecular weight is 279 g/mol. The van der Waals surface area contributed by atoms with E-state index in [1.807, 2.05) is 12.1 Å². The van der Waals surface area contributed by atoms with Gasteiger partial charge in [0.05, 0.1) is 0 Å². The minimum atomic E-state index is 0.381. The molecule has 1 aliphatic heterocycles. The highest BCUT2D eigenvalue weighted by Crippen LogP contribution is 2.20. The van der Waals surface area contributed by atoms with Gasteiger partial charge >= 0.3 is 0 Å². The van der Waals surface area contributed by atoms with Gasteiger partial charge in [0.25, 0.3) is 0 Å². The molecule has 0 saturated heterocycles. The third kappa shape index (κ3) is 3.73. The first-order chi connectivity index (χ1) is 10.3. The van der Waals surface area contributed by atoms with Crippen molar-refractivity contribution in [1.29, 1.82) is 0 Å². The van der Waals surface area contributed by atoms with E-state index in [0.717, 1.165) is 32.5 Å². The highest BCUT2D eigenvalue weighted by molar-refractivity contribution is 5.48. The van der Waals surface area contributed by atoms with Crippen LogP contribution < -0.4 is 0 Å². The van der Waals surface area contributed by atoms with Gasteiger partial charge < -0.3 is 5.11 Å². The SMILES string of the molecule is Oc1ccc2c(c1)CCN(CC=Cc1ccccc1)CC2. The third-order valence-electron chi connectivity index (χ3n) is 4.06. The van der Waals surface area contributed by atoms with Gasteiger partial charge in [-0.15, -0.1) is 0 Å². The molecule has 3 rings (SSSR count). The molecule has 0 spiro atoms. The normalized spacial score (nSPS) is 15.8. The maximum atomic E-state index is 9.59. The quantitative estimate of drug-likeness (QED) is 0.929. The van der Waals surface area contributed by atoms with Crippen LogP contribution >= 0.6 is 0 Å². The lowest BCUT2D eigenvalue weighted by atomic mass is 10.0. The smallest absolute Gasteiger partial charge is 0.115 e. The van der Waals surface area contributed by atoms with E-state index in [1.165, 1.54) is 16.7 Å². The molecule has 2 aromatic rings. The van der Waals surface area contributed by atoms with Crippen molar-refractivity contribution < 1.29 is 5.11 Å². The fourth-order valence-electron chi connectivity index (χ4n) is 2.84. The number of phenols is 1. The molecule has 108 valence electrons. The zero-order valence-electron chi connectivity index (χ0n) is 12.2. The summed E-state index contributed by atoms with van der Waals surface area (Å²) in [6.45, 7) is 3.11. The van der Waals surface area contributed by atoms with E-state index < -0.39 is 0 Å². The molecule has 2 aromatic carbocycles. The fraction of sp³-hybridized carbons (Fsp3) is 0.263. The molecule has 0 unspecified atom stereocenters. The second-order valence-electron chi connectivity index (χ2n) is 5.57. The highest BCUT2D eigenvalue weighted by atomic mass is 16.3. The van der Waals surface area contributed by atoms with Crippen LogP contribution in [0.5, 0.6) is 5.75 Å². The van der Waals surface area contributed by atoms with Crippen molar-refractivity contribution in [2.24, 2.45) is 0 Å². The summed E-state index contributed by atoms with van der Waals surface area (Å²) < 4.78 is 0. The van der Waals surface area contributed by atoms with Crippen LogP contribution in [0.4, 0.5) is 0 Å². The Morgan fingerprint density at radius 2 is 1.71 bits per heavy atom. The van der Waals surface area contributed by atoms with Crippen LogP contribution in [0.15, 0.2) is 54.6 Å². The molecular formula is C19H21NO. The molecule has 1 N–H and O–H groups in total. The lowest BCUT2D eigenvalue weighted by molar-refractivity contribution is 0.319. The van der Waals surface area contributed by atoms with Crippen LogP contribution in [-0.2, 0) is 12.8 Å². The molecule has 0 radical (unpaired) electrons. The fourth-order valence-corrected chi connectivity index (χ4v) is 2.84. The maximum Gasteiger partial charge on any atom is 0.115 e. The van der Waals surface area contributed by atoms with Crippen LogP contribution in [0.2, 0.25) is 0 Å². The van der Waals surface area contributed by atoms with Gasteiger partial charge in [-0.3, -0.25) is 4.90 Å². The monoisotopic (exact) mass is 279 g/mol. The molecule has 2 nitrogen and oxygen atoms in total. The first kappa shape index (κ1) is 13.9. The molecule has 1 aliphatic rings. The standard InChI is InChI=1S/C19H21NO/c21-19-9-8-17-10-13-20(14-11-18(17)15-19)12-4-7-16-5-2-1-3-6-16/h1-9,15,21H,10-14H2. The lowest BCUT2D eigenvalue weighted by Gasteiger charge is -2.17. The molecule has 1 heterocycles. The summed E-state index contributed by atoms with van der Waals surface area (Å²) in [6, 6.07) is 16.2. The van der Waals surface area contributed by atoms with Crippen LogP contribution in [0.25, 0.3) is 6.08 Å². The lowest BCUT2D eigenvalue weighted by Crippen LogP contribution is -2.26. The van der Waals surface area contributed by atoms with Crippen molar-refractivity contribution in [3.05, 3.63) is 71.3 Å². The Bertz CT molecular complexity index is 619. The van der Waals surface area contributed by atoms with Gasteiger partial charge in [-0.1, -0.05) is 48.6 Å². The molecule has 2 heteroatoms. The Morgan fingerprint density at radius 3 is 2.52 bits per heavy atom. The molecule has 0 bridgehead atoms. The van der Waals surface area contributed by atoms with Crippen molar-refractivity contribution in [2.75, 3.05) is 19.6 Å². The first-order valence-electron chi connectivity index (χ1n) is 7.56. The van der Waals surface area contributed by atoms with E-state index >= 15 is 0 Å². The molecular weight excluding hydrogens is 258 g/mol. The average Bonchev–Trinajstić information content (AvgIpc) is 2.71. The Labute approximate surface area is 126 Å². The van der Waals surface area contributed by atoms with E-state index in [9.17, 15) is 5.11 Å². The Hall–Kier alpha value is -2.06. The van der Waals surface area contributed by atoms with Gasteiger partial charge in [-0.2, -0.15) is 0 Å². The number of nitrogens with zero attached hydrogens (tertiary/aromatic N) is 1. The summed E-state index contributed by atoms with van der Waals surface area (Å²) in [4.78, 5) is 2.47. The van der Waals surface area contributed by atoms with Crippen LogP contribution in [0.1, 0.15) is 16.7 Å². The highest BCUT2D eigenvalue weighted by Gasteiger charge is 2.13. The van der Waals surface area contributed by atoms with E-state index in [-0.39, 0.29) is 0 Å². The number of benzene rings is 2. The number of phenolic OH excluding ortho intramolecular Hbond substituents is 1. The second-order valence-corrected chi connectivity index (χ2v) is 5.57. The van der Waals surface area contributed by atoms with Gasteiger partial charge in [-0.25, -0.2) is 0 Å². The third-order valence-corrected chi connectivity index (χ3v) is 4.06. The largest absolute Gasteiger partial charge is 0.508 e. The molecule has 0 aromatic heterocycles. The van der Waals surface area contributed by atoms with Gasteiger partial charge in [0.1, 0.15) is 5.75 Å². The van der Waals surface area contributed by atoms with Crippen LogP contribution in [0.3, 0.4) is 0 Å². The molecule has 0 amide bonds. The van der Waals surface area contributed by atoms with Crippen molar-refractivity contribution in [2.45, 2.75) is 12.8 Å². The zero-order valence-corrected chi connectivity index (χ0v) is 12.2. The van der Waals surface area contributed by atoms with Gasteiger partial charge in [0.2, 0.25) is 0 Å². The molecule has 21 heavy (non-hydrogen) atoms. The predicted octanol–water partition coefficient (Wildman–Crippen LogP) is 3.51. The molecule has 0 saturated carbocycles. The van der Waals surface area contributed by atoms with E-state index in [1.54, 1.807) is 6.07 Å².